The van der Waals surface area contributed by atoms with E-state index >= 15 is 0 Å². The number of aromatic nitrogens is 6. The number of benzene rings is 3. The van der Waals surface area contributed by atoms with E-state index in [9.17, 15) is 10.2 Å². The fourth-order valence-electron chi connectivity index (χ4n) is 8.07. The number of ether oxygens (including phenoxy) is 6. The van der Waals surface area contributed by atoms with Gasteiger partial charge in [-0.05, 0) is 50.6 Å². The van der Waals surface area contributed by atoms with Crippen molar-refractivity contribution in [1.29, 1.82) is 0 Å². The molecule has 60 heavy (non-hydrogen) atoms. The van der Waals surface area contributed by atoms with Crippen molar-refractivity contribution < 1.29 is 38.6 Å². The number of fused-ring (bicyclic) bond motifs is 6. The lowest BCUT2D eigenvalue weighted by molar-refractivity contribution is -0.0683. The van der Waals surface area contributed by atoms with E-state index in [-0.39, 0.29) is 25.4 Å². The Labute approximate surface area is 348 Å². The summed E-state index contributed by atoms with van der Waals surface area (Å²) in [6.45, 7) is 7.96. The van der Waals surface area contributed by atoms with E-state index in [4.69, 9.17) is 54.1 Å². The third-order valence-corrected chi connectivity index (χ3v) is 11.0. The third-order valence-electron chi connectivity index (χ3n) is 11.0. The fourth-order valence-corrected chi connectivity index (χ4v) is 8.07. The van der Waals surface area contributed by atoms with Crippen LogP contribution in [0.15, 0.2) is 72.9 Å². The van der Waals surface area contributed by atoms with Crippen LogP contribution in [0.2, 0.25) is 0 Å². The van der Waals surface area contributed by atoms with Gasteiger partial charge < -0.3 is 53.5 Å². The maximum absolute atomic E-state index is 12.7. The molecule has 8 rings (SSSR count). The standard InChI is InChI=1S/C45H53N7O8/c1-44(2,53)36(52-38(16-18-56-5)50-40-42(52)32-14-12-30(22-34(32)49-43(40)46)60-26-39-57-19-20-58-39)23-45(3,54)27-51-37(15-17-55-4)48-35-24-47-33-21-29(11-13-31(33)41(35)51)59-25-28-9-7-6-8-10-28/h6-14,21-22,24,36,39,53-54H,15-20,23,25-27H2,1-5H3,(H2,46,49). The topological polar surface area (TPSA) is 183 Å². The summed E-state index contributed by atoms with van der Waals surface area (Å²) in [6.07, 6.45) is 2.38. The normalized spacial score (nSPS) is 15.4. The fraction of sp³-hybridized carbons (Fsp3) is 0.422. The Kier molecular flexibility index (Phi) is 11.9. The van der Waals surface area contributed by atoms with Crippen LogP contribution in [-0.2, 0) is 44.9 Å². The van der Waals surface area contributed by atoms with Gasteiger partial charge in [0.1, 0.15) is 47.4 Å². The summed E-state index contributed by atoms with van der Waals surface area (Å²) in [5, 5.41) is 26.4. The Balaban J connectivity index is 1.17. The SMILES string of the molecule is COCCc1nc2cnc3cc(OCc4ccccc4)ccc3c2n1CC(C)(O)CC(n1c(CCOC)nc2c(N)nc3cc(OCC4OCCO4)ccc3c21)C(C)(C)O. The highest BCUT2D eigenvalue weighted by Gasteiger charge is 2.39. The van der Waals surface area contributed by atoms with Crippen molar-refractivity contribution >= 4 is 49.7 Å². The number of imidazole rings is 2. The Hall–Kier alpha value is -5.42. The van der Waals surface area contributed by atoms with Gasteiger partial charge in [-0.15, -0.1) is 0 Å². The summed E-state index contributed by atoms with van der Waals surface area (Å²) in [5.41, 5.74) is 9.02. The molecule has 1 fully saturated rings. The molecule has 1 aliphatic rings. The molecule has 0 amide bonds. The van der Waals surface area contributed by atoms with Crippen LogP contribution in [0.25, 0.3) is 43.9 Å². The number of aliphatic hydroxyl groups is 2. The molecule has 0 spiro atoms. The number of nitrogens with two attached hydrogens (primary N) is 1. The van der Waals surface area contributed by atoms with E-state index in [1.54, 1.807) is 41.2 Å². The number of hydrogen-bond acceptors (Lipinski definition) is 13. The second-order valence-electron chi connectivity index (χ2n) is 16.2. The van der Waals surface area contributed by atoms with Crippen LogP contribution >= 0.6 is 0 Å². The lowest BCUT2D eigenvalue weighted by Gasteiger charge is -2.38. The number of anilines is 1. The number of hydrogen-bond donors (Lipinski definition) is 3. The summed E-state index contributed by atoms with van der Waals surface area (Å²) in [5.74, 6) is 2.89. The molecule has 2 unspecified atom stereocenters. The van der Waals surface area contributed by atoms with Crippen LogP contribution in [-0.4, -0.2) is 104 Å². The van der Waals surface area contributed by atoms with Gasteiger partial charge in [-0.2, -0.15) is 0 Å². The van der Waals surface area contributed by atoms with Gasteiger partial charge >= 0.3 is 0 Å². The van der Waals surface area contributed by atoms with Gasteiger partial charge in [-0.1, -0.05) is 30.3 Å². The van der Waals surface area contributed by atoms with Crippen LogP contribution in [0.3, 0.4) is 0 Å². The third kappa shape index (κ3) is 8.73. The first-order valence-electron chi connectivity index (χ1n) is 20.3. The zero-order valence-corrected chi connectivity index (χ0v) is 34.8. The van der Waals surface area contributed by atoms with Crippen LogP contribution in [0.1, 0.15) is 50.4 Å². The van der Waals surface area contributed by atoms with E-state index in [1.807, 2.05) is 71.3 Å². The number of rotatable bonds is 18. The van der Waals surface area contributed by atoms with Gasteiger partial charge in [0.25, 0.3) is 0 Å². The maximum Gasteiger partial charge on any atom is 0.191 e. The predicted molar refractivity (Wildman–Crippen MR) is 228 cm³/mol. The van der Waals surface area contributed by atoms with Gasteiger partial charge in [0.2, 0.25) is 0 Å². The molecule has 0 radical (unpaired) electrons. The minimum atomic E-state index is -1.40. The summed E-state index contributed by atoms with van der Waals surface area (Å²) in [4.78, 5) is 19.5. The van der Waals surface area contributed by atoms with Crippen molar-refractivity contribution in [3.63, 3.8) is 0 Å². The van der Waals surface area contributed by atoms with Gasteiger partial charge in [0.05, 0.1) is 78.5 Å². The smallest absolute Gasteiger partial charge is 0.191 e. The van der Waals surface area contributed by atoms with Crippen molar-refractivity contribution in [2.45, 2.75) is 76.7 Å². The van der Waals surface area contributed by atoms with Crippen molar-refractivity contribution in [3.05, 3.63) is 90.1 Å². The Morgan fingerprint density at radius 1 is 0.800 bits per heavy atom. The van der Waals surface area contributed by atoms with Gasteiger partial charge in [0, 0.05) is 56.4 Å². The van der Waals surface area contributed by atoms with Gasteiger partial charge in [0.15, 0.2) is 12.1 Å². The predicted octanol–water partition coefficient (Wildman–Crippen LogP) is 5.93. The molecule has 15 nitrogen and oxygen atoms in total. The molecule has 316 valence electrons. The van der Waals surface area contributed by atoms with Crippen molar-refractivity contribution in [1.82, 2.24) is 29.1 Å². The molecule has 2 atom stereocenters. The van der Waals surface area contributed by atoms with Crippen molar-refractivity contribution in [3.8, 4) is 11.5 Å². The van der Waals surface area contributed by atoms with E-state index in [0.717, 1.165) is 33.2 Å². The van der Waals surface area contributed by atoms with Crippen LogP contribution < -0.4 is 15.2 Å². The van der Waals surface area contributed by atoms with E-state index in [2.05, 4.69) is 4.57 Å². The molecule has 5 heterocycles. The van der Waals surface area contributed by atoms with Crippen molar-refractivity contribution in [2.75, 3.05) is 53.0 Å². The average Bonchev–Trinajstić information content (AvgIpc) is 3.98. The molecular formula is C45H53N7O8. The first-order valence-corrected chi connectivity index (χ1v) is 20.3. The molecule has 4 N–H and O–H groups in total. The Morgan fingerprint density at radius 3 is 2.17 bits per heavy atom. The second kappa shape index (κ2) is 17.3. The monoisotopic (exact) mass is 819 g/mol. The van der Waals surface area contributed by atoms with Crippen LogP contribution in [0.5, 0.6) is 11.5 Å². The lowest BCUT2D eigenvalue weighted by Crippen LogP contribution is -2.42. The summed E-state index contributed by atoms with van der Waals surface area (Å²) in [7, 11) is 3.29. The first kappa shape index (κ1) is 41.3. The molecule has 1 aliphatic heterocycles. The molecule has 4 aromatic heterocycles. The Bertz CT molecular complexity index is 2600. The lowest BCUT2D eigenvalue weighted by atomic mass is 9.86. The molecule has 0 aliphatic carbocycles. The molecule has 15 heteroatoms. The molecule has 3 aromatic carbocycles. The van der Waals surface area contributed by atoms with Gasteiger partial charge in [-0.25, -0.2) is 15.0 Å². The minimum absolute atomic E-state index is 0.123. The Morgan fingerprint density at radius 2 is 1.47 bits per heavy atom. The average molecular weight is 820 g/mol. The summed E-state index contributed by atoms with van der Waals surface area (Å²) in [6, 6.07) is 20.8. The number of methoxy groups -OCH3 is 2. The highest BCUT2D eigenvalue weighted by molar-refractivity contribution is 6.07. The molecule has 0 bridgehead atoms. The highest BCUT2D eigenvalue weighted by Crippen LogP contribution is 2.40. The maximum atomic E-state index is 12.7. The summed E-state index contributed by atoms with van der Waals surface area (Å²) >= 11 is 0. The quantitative estimate of drug-likeness (QED) is 0.0928. The minimum Gasteiger partial charge on any atom is -0.489 e. The number of nitrogens with zero attached hydrogens (tertiary/aromatic N) is 6. The number of nitrogen functional groups attached to an aromatic ring is 1. The van der Waals surface area contributed by atoms with Gasteiger partial charge in [-0.3, -0.25) is 4.98 Å². The van der Waals surface area contributed by atoms with Crippen LogP contribution in [0, 0.1) is 0 Å². The molecule has 7 aromatic rings. The van der Waals surface area contributed by atoms with Crippen molar-refractivity contribution in [2.24, 2.45) is 0 Å². The zero-order valence-electron chi connectivity index (χ0n) is 34.8. The van der Waals surface area contributed by atoms with E-state index in [1.165, 1.54) is 0 Å². The molecular weight excluding hydrogens is 767 g/mol. The summed E-state index contributed by atoms with van der Waals surface area (Å²) < 4.78 is 38.3. The highest BCUT2D eigenvalue weighted by atomic mass is 16.7. The second-order valence-corrected chi connectivity index (χ2v) is 16.2. The van der Waals surface area contributed by atoms with E-state index in [0.29, 0.717) is 85.3 Å². The number of pyridine rings is 2. The van der Waals surface area contributed by atoms with Crippen LogP contribution in [0.4, 0.5) is 5.82 Å². The largest absolute Gasteiger partial charge is 0.489 e. The molecule has 1 saturated heterocycles. The zero-order chi connectivity index (χ0) is 42.0. The van der Waals surface area contributed by atoms with E-state index < -0.39 is 23.5 Å². The first-order chi connectivity index (χ1) is 28.9. The molecule has 0 saturated carbocycles.